The first-order valence-corrected chi connectivity index (χ1v) is 4.95. The molecule has 1 amide bonds. The summed E-state index contributed by atoms with van der Waals surface area (Å²) in [6, 6.07) is 0. The van der Waals surface area contributed by atoms with Gasteiger partial charge in [0.15, 0.2) is 0 Å². The predicted octanol–water partition coefficient (Wildman–Crippen LogP) is 0.228. The van der Waals surface area contributed by atoms with Gasteiger partial charge in [0, 0.05) is 32.7 Å². The zero-order valence-corrected chi connectivity index (χ0v) is 8.20. The summed E-state index contributed by atoms with van der Waals surface area (Å²) in [6.45, 7) is 4.69. The van der Waals surface area contributed by atoms with Crippen LogP contribution in [-0.2, 0) is 4.79 Å². The molecule has 76 valence electrons. The van der Waals surface area contributed by atoms with E-state index in [0.29, 0.717) is 6.42 Å². The van der Waals surface area contributed by atoms with E-state index in [4.69, 9.17) is 5.11 Å². The molecule has 0 aromatic carbocycles. The summed E-state index contributed by atoms with van der Waals surface area (Å²) in [6.07, 6.45) is 2.36. The lowest BCUT2D eigenvalue weighted by Crippen LogP contribution is -2.40. The van der Waals surface area contributed by atoms with Crippen molar-refractivity contribution < 1.29 is 9.90 Å². The monoisotopic (exact) mass is 186 g/mol. The highest BCUT2D eigenvalue weighted by Gasteiger charge is 2.26. The Balaban J connectivity index is 2.39. The Labute approximate surface area is 79.1 Å². The van der Waals surface area contributed by atoms with Gasteiger partial charge in [-0.25, -0.2) is 5.01 Å². The average molecular weight is 186 g/mol. The van der Waals surface area contributed by atoms with Crippen LogP contribution < -0.4 is 0 Å². The third-order valence-electron chi connectivity index (χ3n) is 2.22. The van der Waals surface area contributed by atoms with Crippen molar-refractivity contribution in [3.8, 4) is 0 Å². The van der Waals surface area contributed by atoms with Gasteiger partial charge in [-0.2, -0.15) is 0 Å². The summed E-state index contributed by atoms with van der Waals surface area (Å²) in [5.74, 6) is 0.222. The first-order valence-electron chi connectivity index (χ1n) is 4.95. The van der Waals surface area contributed by atoms with Crippen molar-refractivity contribution in [2.45, 2.75) is 26.2 Å². The van der Waals surface area contributed by atoms with Crippen LogP contribution >= 0.6 is 0 Å². The predicted molar refractivity (Wildman–Crippen MR) is 49.9 cm³/mol. The first-order chi connectivity index (χ1) is 6.29. The maximum atomic E-state index is 11.4. The average Bonchev–Trinajstić information content (AvgIpc) is 2.46. The molecule has 1 aliphatic heterocycles. The molecule has 4 heteroatoms. The van der Waals surface area contributed by atoms with E-state index in [1.807, 2.05) is 10.0 Å². The topological polar surface area (TPSA) is 43.8 Å². The third kappa shape index (κ3) is 2.67. The summed E-state index contributed by atoms with van der Waals surface area (Å²) in [7, 11) is 0. The number of rotatable bonds is 5. The van der Waals surface area contributed by atoms with Crippen LogP contribution in [0, 0.1) is 0 Å². The molecule has 13 heavy (non-hydrogen) atoms. The first kappa shape index (κ1) is 10.5. The van der Waals surface area contributed by atoms with Crippen molar-refractivity contribution in [3.05, 3.63) is 0 Å². The van der Waals surface area contributed by atoms with Crippen LogP contribution in [0.3, 0.4) is 0 Å². The lowest BCUT2D eigenvalue weighted by molar-refractivity contribution is -0.138. The van der Waals surface area contributed by atoms with E-state index in [9.17, 15) is 4.79 Å². The molecule has 1 saturated heterocycles. The van der Waals surface area contributed by atoms with Gasteiger partial charge in [-0.15, -0.1) is 0 Å². The van der Waals surface area contributed by atoms with Gasteiger partial charge in [0.1, 0.15) is 0 Å². The number of hydrazine groups is 1. The standard InChI is InChI=1S/C9H18N2O2/c1-2-5-11-9(13)4-7-10(11)6-3-8-12/h12H,2-8H2,1H3. The van der Waals surface area contributed by atoms with Crippen LogP contribution in [0.1, 0.15) is 26.2 Å². The zero-order valence-electron chi connectivity index (χ0n) is 8.20. The van der Waals surface area contributed by atoms with Crippen LogP contribution in [0.25, 0.3) is 0 Å². The van der Waals surface area contributed by atoms with E-state index in [-0.39, 0.29) is 12.5 Å². The fourth-order valence-electron chi connectivity index (χ4n) is 1.60. The van der Waals surface area contributed by atoms with Crippen LogP contribution in [-0.4, -0.2) is 47.3 Å². The second kappa shape index (κ2) is 5.19. The van der Waals surface area contributed by atoms with Gasteiger partial charge >= 0.3 is 0 Å². The molecule has 0 unspecified atom stereocenters. The number of aliphatic hydroxyl groups is 1. The molecule has 0 aromatic heterocycles. The minimum atomic E-state index is 0.199. The van der Waals surface area contributed by atoms with Gasteiger partial charge < -0.3 is 5.11 Å². The van der Waals surface area contributed by atoms with E-state index in [2.05, 4.69) is 6.92 Å². The molecular formula is C9H18N2O2. The minimum Gasteiger partial charge on any atom is -0.396 e. The third-order valence-corrected chi connectivity index (χ3v) is 2.22. The Hall–Kier alpha value is -0.610. The number of hydrogen-bond donors (Lipinski definition) is 1. The molecule has 0 bridgehead atoms. The second-order valence-corrected chi connectivity index (χ2v) is 3.30. The van der Waals surface area contributed by atoms with Gasteiger partial charge in [-0.05, 0) is 12.8 Å². The SMILES string of the molecule is CCCN1C(=O)CCN1CCCO. The fourth-order valence-corrected chi connectivity index (χ4v) is 1.60. The quantitative estimate of drug-likeness (QED) is 0.668. The van der Waals surface area contributed by atoms with Crippen molar-refractivity contribution in [2.75, 3.05) is 26.2 Å². The normalized spacial score (nSPS) is 18.6. The van der Waals surface area contributed by atoms with Crippen molar-refractivity contribution in [1.82, 2.24) is 10.0 Å². The molecule has 1 rings (SSSR count). The van der Waals surface area contributed by atoms with E-state index in [1.54, 1.807) is 0 Å². The van der Waals surface area contributed by atoms with E-state index >= 15 is 0 Å². The summed E-state index contributed by atoms with van der Waals surface area (Å²) >= 11 is 0. The molecule has 0 spiro atoms. The van der Waals surface area contributed by atoms with Crippen LogP contribution in [0.5, 0.6) is 0 Å². The molecular weight excluding hydrogens is 168 g/mol. The molecule has 0 radical (unpaired) electrons. The van der Waals surface area contributed by atoms with Gasteiger partial charge in [0.2, 0.25) is 5.91 Å². The lowest BCUT2D eigenvalue weighted by atomic mass is 10.4. The van der Waals surface area contributed by atoms with Gasteiger partial charge in [0.25, 0.3) is 0 Å². The van der Waals surface area contributed by atoms with Gasteiger partial charge in [0.05, 0.1) is 0 Å². The maximum absolute atomic E-state index is 11.4. The highest BCUT2D eigenvalue weighted by Crippen LogP contribution is 2.12. The van der Waals surface area contributed by atoms with E-state index in [0.717, 1.165) is 32.5 Å². The summed E-state index contributed by atoms with van der Waals surface area (Å²) in [5.41, 5.74) is 0. The van der Waals surface area contributed by atoms with Crippen LogP contribution in [0.15, 0.2) is 0 Å². The largest absolute Gasteiger partial charge is 0.396 e. The molecule has 1 fully saturated rings. The highest BCUT2D eigenvalue weighted by molar-refractivity contribution is 5.77. The number of carbonyl (C=O) groups excluding carboxylic acids is 1. The van der Waals surface area contributed by atoms with Crippen LogP contribution in [0.4, 0.5) is 0 Å². The number of carbonyl (C=O) groups is 1. The molecule has 1 aliphatic rings. The number of aliphatic hydroxyl groups excluding tert-OH is 1. The zero-order chi connectivity index (χ0) is 9.68. The summed E-state index contributed by atoms with van der Waals surface area (Å²) in [5, 5.41) is 12.5. The molecule has 0 aliphatic carbocycles. The van der Waals surface area contributed by atoms with Crippen LogP contribution in [0.2, 0.25) is 0 Å². The molecule has 0 aromatic rings. The maximum Gasteiger partial charge on any atom is 0.238 e. The van der Waals surface area contributed by atoms with E-state index in [1.165, 1.54) is 0 Å². The van der Waals surface area contributed by atoms with Crippen molar-refractivity contribution in [3.63, 3.8) is 0 Å². The molecule has 1 N–H and O–H groups in total. The fraction of sp³-hybridized carbons (Fsp3) is 0.889. The number of hydrogen-bond acceptors (Lipinski definition) is 3. The molecule has 0 atom stereocenters. The smallest absolute Gasteiger partial charge is 0.238 e. The van der Waals surface area contributed by atoms with Gasteiger partial charge in [-0.3, -0.25) is 9.80 Å². The summed E-state index contributed by atoms with van der Waals surface area (Å²) < 4.78 is 0. The second-order valence-electron chi connectivity index (χ2n) is 3.30. The molecule has 1 heterocycles. The minimum absolute atomic E-state index is 0.199. The molecule has 4 nitrogen and oxygen atoms in total. The Morgan fingerprint density at radius 3 is 2.85 bits per heavy atom. The summed E-state index contributed by atoms with van der Waals surface area (Å²) in [4.78, 5) is 11.4. The molecule has 0 saturated carbocycles. The Kier molecular flexibility index (Phi) is 4.18. The lowest BCUT2D eigenvalue weighted by Gasteiger charge is -2.27. The van der Waals surface area contributed by atoms with Gasteiger partial charge in [-0.1, -0.05) is 6.92 Å². The van der Waals surface area contributed by atoms with Crippen molar-refractivity contribution in [2.24, 2.45) is 0 Å². The van der Waals surface area contributed by atoms with Crippen molar-refractivity contribution in [1.29, 1.82) is 0 Å². The Bertz CT molecular complexity index is 173. The van der Waals surface area contributed by atoms with Crippen molar-refractivity contribution >= 4 is 5.91 Å². The highest BCUT2D eigenvalue weighted by atomic mass is 16.3. The number of nitrogens with zero attached hydrogens (tertiary/aromatic N) is 2. The Morgan fingerprint density at radius 1 is 1.46 bits per heavy atom. The van der Waals surface area contributed by atoms with E-state index < -0.39 is 0 Å². The Morgan fingerprint density at radius 2 is 2.23 bits per heavy atom. The number of amides is 1.